The predicted octanol–water partition coefficient (Wildman–Crippen LogP) is 7.95. The molecular formula is C42H41N3O10. The SMILES string of the molecule is COC(=O)c1c(-c2cc(OC)c(OC)c(OC)c2)c2cc(OC)c(OCc3ccc4ccccc4n3)cc2c(=O)n1-c1ccc(NC(=O)OC(C)(C)C)cc1. The number of carbonyl (C=O) groups excluding carboxylic acids is 2. The van der Waals surface area contributed by atoms with Crippen molar-refractivity contribution < 1.29 is 42.7 Å². The number of nitrogens with zero attached hydrogens (tertiary/aromatic N) is 2. The first-order valence-corrected chi connectivity index (χ1v) is 17.2. The number of esters is 1. The van der Waals surface area contributed by atoms with Gasteiger partial charge >= 0.3 is 12.1 Å². The average Bonchev–Trinajstić information content (AvgIpc) is 3.18. The van der Waals surface area contributed by atoms with Crippen molar-refractivity contribution in [2.75, 3.05) is 40.9 Å². The molecule has 0 aliphatic carbocycles. The van der Waals surface area contributed by atoms with E-state index in [9.17, 15) is 14.4 Å². The summed E-state index contributed by atoms with van der Waals surface area (Å²) in [6.45, 7) is 5.35. The Bertz CT molecular complexity index is 2440. The van der Waals surface area contributed by atoms with Crippen LogP contribution < -0.4 is 34.6 Å². The summed E-state index contributed by atoms with van der Waals surface area (Å²) < 4.78 is 41.0. The maximum Gasteiger partial charge on any atom is 0.412 e. The van der Waals surface area contributed by atoms with Crippen LogP contribution in [0.15, 0.2) is 89.7 Å². The lowest BCUT2D eigenvalue weighted by Crippen LogP contribution is -2.27. The average molecular weight is 748 g/mol. The number of fused-ring (bicyclic) bond motifs is 2. The molecule has 0 fully saturated rings. The summed E-state index contributed by atoms with van der Waals surface area (Å²) in [6, 6.07) is 24.5. The van der Waals surface area contributed by atoms with Gasteiger partial charge in [-0.2, -0.15) is 0 Å². The van der Waals surface area contributed by atoms with E-state index in [1.54, 1.807) is 69.3 Å². The molecule has 0 saturated carbocycles. The molecule has 0 unspecified atom stereocenters. The van der Waals surface area contributed by atoms with E-state index in [4.69, 9.17) is 38.1 Å². The number of amides is 1. The van der Waals surface area contributed by atoms with Crippen molar-refractivity contribution >= 4 is 39.4 Å². The molecule has 1 amide bonds. The van der Waals surface area contributed by atoms with Crippen LogP contribution in [0, 0.1) is 0 Å². The van der Waals surface area contributed by atoms with Crippen LogP contribution in [0.4, 0.5) is 10.5 Å². The second-order valence-electron chi connectivity index (χ2n) is 13.3. The second kappa shape index (κ2) is 15.7. The van der Waals surface area contributed by atoms with Gasteiger partial charge in [0.2, 0.25) is 5.75 Å². The molecule has 6 aromatic rings. The van der Waals surface area contributed by atoms with Gasteiger partial charge in [0.15, 0.2) is 23.0 Å². The Kier molecular flexibility index (Phi) is 10.8. The van der Waals surface area contributed by atoms with Gasteiger partial charge < -0.3 is 33.2 Å². The van der Waals surface area contributed by atoms with E-state index in [2.05, 4.69) is 5.32 Å². The number of rotatable bonds is 11. The van der Waals surface area contributed by atoms with Crippen LogP contribution in [0.25, 0.3) is 38.5 Å². The number of aromatic nitrogens is 2. The highest BCUT2D eigenvalue weighted by Crippen LogP contribution is 2.45. The summed E-state index contributed by atoms with van der Waals surface area (Å²) >= 11 is 0. The molecule has 284 valence electrons. The number of pyridine rings is 2. The molecule has 13 heteroatoms. The monoisotopic (exact) mass is 747 g/mol. The van der Waals surface area contributed by atoms with Gasteiger partial charge in [-0.05, 0) is 87.0 Å². The molecular weight excluding hydrogens is 706 g/mol. The highest BCUT2D eigenvalue weighted by Gasteiger charge is 2.28. The van der Waals surface area contributed by atoms with E-state index in [1.807, 2.05) is 36.4 Å². The minimum Gasteiger partial charge on any atom is -0.493 e. The molecule has 4 aromatic carbocycles. The Morgan fingerprint density at radius 1 is 0.745 bits per heavy atom. The van der Waals surface area contributed by atoms with Crippen molar-refractivity contribution in [3.63, 3.8) is 0 Å². The molecule has 2 aromatic heterocycles. The number of nitrogens with one attached hydrogen (secondary N) is 1. The summed E-state index contributed by atoms with van der Waals surface area (Å²) in [4.78, 5) is 45.9. The van der Waals surface area contributed by atoms with Gasteiger partial charge in [0, 0.05) is 27.7 Å². The number of hydrogen-bond donors (Lipinski definition) is 1. The molecule has 0 saturated heterocycles. The van der Waals surface area contributed by atoms with E-state index in [0.717, 1.165) is 10.9 Å². The van der Waals surface area contributed by atoms with Crippen LogP contribution in [-0.4, -0.2) is 62.8 Å². The number of benzene rings is 4. The van der Waals surface area contributed by atoms with E-state index < -0.39 is 23.2 Å². The third-order valence-electron chi connectivity index (χ3n) is 8.60. The molecule has 6 rings (SSSR count). The van der Waals surface area contributed by atoms with Crippen LogP contribution in [0.2, 0.25) is 0 Å². The largest absolute Gasteiger partial charge is 0.493 e. The van der Waals surface area contributed by atoms with Crippen molar-refractivity contribution in [1.82, 2.24) is 9.55 Å². The first kappa shape index (κ1) is 38.0. The maximum atomic E-state index is 14.8. The molecule has 13 nitrogen and oxygen atoms in total. The fraction of sp³-hybridized carbons (Fsp3) is 0.238. The number of para-hydroxylation sites is 1. The van der Waals surface area contributed by atoms with Crippen LogP contribution in [0.1, 0.15) is 37.0 Å². The smallest absolute Gasteiger partial charge is 0.412 e. The molecule has 1 N–H and O–H groups in total. The molecule has 0 aliphatic rings. The first-order chi connectivity index (χ1) is 26.4. The van der Waals surface area contributed by atoms with Crippen LogP contribution in [-0.2, 0) is 16.1 Å². The summed E-state index contributed by atoms with van der Waals surface area (Å²) in [5, 5.41) is 4.22. The maximum absolute atomic E-state index is 14.8. The van der Waals surface area contributed by atoms with Crippen molar-refractivity contribution in [1.29, 1.82) is 0 Å². The van der Waals surface area contributed by atoms with E-state index in [1.165, 1.54) is 40.1 Å². The first-order valence-electron chi connectivity index (χ1n) is 17.2. The van der Waals surface area contributed by atoms with Gasteiger partial charge in [-0.25, -0.2) is 14.6 Å². The van der Waals surface area contributed by atoms with Crippen molar-refractivity contribution in [3.05, 3.63) is 107 Å². The van der Waals surface area contributed by atoms with Gasteiger partial charge in [0.1, 0.15) is 17.9 Å². The second-order valence-corrected chi connectivity index (χ2v) is 13.3. The number of hydrogen-bond acceptors (Lipinski definition) is 11. The molecule has 0 spiro atoms. The van der Waals surface area contributed by atoms with Gasteiger partial charge in [-0.1, -0.05) is 24.3 Å². The van der Waals surface area contributed by atoms with Crippen molar-refractivity contribution in [3.8, 4) is 45.6 Å². The molecule has 55 heavy (non-hydrogen) atoms. The third-order valence-corrected chi connectivity index (χ3v) is 8.60. The van der Waals surface area contributed by atoms with Crippen LogP contribution in [0.3, 0.4) is 0 Å². The highest BCUT2D eigenvalue weighted by atomic mass is 16.6. The summed E-state index contributed by atoms with van der Waals surface area (Å²) in [5.41, 5.74) is 1.55. The number of ether oxygens (including phenoxy) is 7. The number of anilines is 1. The van der Waals surface area contributed by atoms with Crippen LogP contribution in [0.5, 0.6) is 28.7 Å². The molecule has 0 atom stereocenters. The normalized spacial score (nSPS) is 11.2. The summed E-state index contributed by atoms with van der Waals surface area (Å²) in [6.07, 6.45) is -0.650. The lowest BCUT2D eigenvalue weighted by Gasteiger charge is -2.22. The van der Waals surface area contributed by atoms with Crippen molar-refractivity contribution in [2.45, 2.75) is 33.0 Å². The zero-order valence-electron chi connectivity index (χ0n) is 31.8. The Morgan fingerprint density at radius 2 is 1.40 bits per heavy atom. The van der Waals surface area contributed by atoms with Crippen molar-refractivity contribution in [2.24, 2.45) is 0 Å². The Balaban J connectivity index is 1.59. The fourth-order valence-electron chi connectivity index (χ4n) is 6.19. The van der Waals surface area contributed by atoms with Crippen LogP contribution >= 0.6 is 0 Å². The Labute approximate surface area is 317 Å². The standard InChI is InChI=1S/C42H41N3O10/c1-42(2,3)55-41(48)44-26-15-17-28(18-16-26)45-37(40(47)53-8)36(25-19-34(50-5)38(52-7)35(20-25)51-6)29-21-32(49-4)33(22-30(29)39(45)46)54-23-27-14-13-24-11-9-10-12-31(24)43-27/h9-22H,23H2,1-8H3,(H,44,48). The third kappa shape index (κ3) is 7.81. The predicted molar refractivity (Wildman–Crippen MR) is 208 cm³/mol. The van der Waals surface area contributed by atoms with E-state index in [-0.39, 0.29) is 23.4 Å². The van der Waals surface area contributed by atoms with Gasteiger partial charge in [-0.3, -0.25) is 14.7 Å². The fourth-order valence-corrected chi connectivity index (χ4v) is 6.19. The Hall–Kier alpha value is -6.76. The quantitative estimate of drug-likeness (QED) is 0.129. The van der Waals surface area contributed by atoms with Gasteiger partial charge in [0.25, 0.3) is 5.56 Å². The molecule has 0 bridgehead atoms. The molecule has 0 radical (unpaired) electrons. The van der Waals surface area contributed by atoms with Gasteiger partial charge in [0.05, 0.1) is 52.1 Å². The van der Waals surface area contributed by atoms with E-state index >= 15 is 0 Å². The lowest BCUT2D eigenvalue weighted by molar-refractivity contribution is 0.0589. The minimum atomic E-state index is -0.805. The minimum absolute atomic E-state index is 0.0764. The molecule has 2 heterocycles. The summed E-state index contributed by atoms with van der Waals surface area (Å²) in [7, 11) is 7.15. The Morgan fingerprint density at radius 3 is 2.02 bits per heavy atom. The topological polar surface area (TPSA) is 146 Å². The molecule has 0 aliphatic heterocycles. The number of carbonyl (C=O) groups is 2. The zero-order valence-corrected chi connectivity index (χ0v) is 31.8. The lowest BCUT2D eigenvalue weighted by atomic mass is 9.95. The van der Waals surface area contributed by atoms with Gasteiger partial charge in [-0.15, -0.1) is 0 Å². The summed E-state index contributed by atoms with van der Waals surface area (Å²) in [5.74, 6) is 0.714. The van der Waals surface area contributed by atoms with E-state index in [0.29, 0.717) is 56.6 Å². The number of methoxy groups -OCH3 is 5. The highest BCUT2D eigenvalue weighted by molar-refractivity contribution is 6.08. The zero-order chi connectivity index (χ0) is 39.4.